The van der Waals surface area contributed by atoms with Crippen LogP contribution in [0.4, 0.5) is 5.82 Å². The van der Waals surface area contributed by atoms with Crippen LogP contribution in [0.1, 0.15) is 29.9 Å². The van der Waals surface area contributed by atoms with Crippen LogP contribution in [0, 0.1) is 5.92 Å². The van der Waals surface area contributed by atoms with Gasteiger partial charge < -0.3 is 19.1 Å². The number of carbonyl (C=O) groups excluding carboxylic acids is 2. The molecule has 1 N–H and O–H groups in total. The van der Waals surface area contributed by atoms with Crippen LogP contribution in [0.15, 0.2) is 65.4 Å². The van der Waals surface area contributed by atoms with Crippen molar-refractivity contribution < 1.29 is 23.3 Å². The summed E-state index contributed by atoms with van der Waals surface area (Å²) in [6, 6.07) is 17.8. The zero-order valence-corrected chi connectivity index (χ0v) is 18.3. The summed E-state index contributed by atoms with van der Waals surface area (Å²) in [7, 11) is 0. The second-order valence-electron chi connectivity index (χ2n) is 9.48. The van der Waals surface area contributed by atoms with E-state index < -0.39 is 5.92 Å². The Bertz CT molecular complexity index is 1150. The van der Waals surface area contributed by atoms with Crippen LogP contribution in [0.5, 0.6) is 0 Å². The first-order valence-electron chi connectivity index (χ1n) is 11.6. The van der Waals surface area contributed by atoms with Gasteiger partial charge in [-0.3, -0.25) is 9.59 Å². The lowest BCUT2D eigenvalue weighted by molar-refractivity contribution is -0.938. The van der Waals surface area contributed by atoms with Gasteiger partial charge in [0.25, 0.3) is 5.91 Å². The molecule has 4 aliphatic rings. The van der Waals surface area contributed by atoms with Gasteiger partial charge >= 0.3 is 5.97 Å². The van der Waals surface area contributed by atoms with E-state index in [9.17, 15) is 9.59 Å². The Labute approximate surface area is 191 Å². The fourth-order valence-electron chi connectivity index (χ4n) is 5.97. The number of aromatic nitrogens is 1. The van der Waals surface area contributed by atoms with Gasteiger partial charge in [-0.1, -0.05) is 53.7 Å². The van der Waals surface area contributed by atoms with Crippen LogP contribution in [0.2, 0.25) is 0 Å². The van der Waals surface area contributed by atoms with Crippen molar-refractivity contribution in [3.63, 3.8) is 0 Å². The molecule has 0 radical (unpaired) electrons. The van der Waals surface area contributed by atoms with Gasteiger partial charge in [0.2, 0.25) is 0 Å². The zero-order chi connectivity index (χ0) is 22.4. The van der Waals surface area contributed by atoms with E-state index in [0.29, 0.717) is 29.3 Å². The lowest BCUT2D eigenvalue weighted by atomic mass is 9.83. The molecule has 3 saturated heterocycles. The van der Waals surface area contributed by atoms with Crippen molar-refractivity contribution in [2.24, 2.45) is 5.92 Å². The number of quaternary nitrogens is 1. The summed E-state index contributed by atoms with van der Waals surface area (Å²) >= 11 is 0. The molecule has 1 atom stereocenters. The fourth-order valence-corrected chi connectivity index (χ4v) is 5.97. The quantitative estimate of drug-likeness (QED) is 0.481. The van der Waals surface area contributed by atoms with Crippen LogP contribution in [0.3, 0.4) is 0 Å². The molecule has 7 heteroatoms. The maximum absolute atomic E-state index is 13.5. The number of fused-ring (bicyclic) bond motifs is 6. The summed E-state index contributed by atoms with van der Waals surface area (Å²) < 4.78 is 11.7. The number of piperidine rings is 3. The Morgan fingerprint density at radius 2 is 1.67 bits per heavy atom. The minimum absolute atomic E-state index is 0.0898. The van der Waals surface area contributed by atoms with Crippen molar-refractivity contribution in [1.29, 1.82) is 0 Å². The fraction of sp³-hybridized carbons (Fsp3) is 0.346. The number of carbonyl (C=O) groups is 2. The molecule has 1 aliphatic carbocycles. The smallest absolute Gasteiger partial charge is 0.318 e. The first-order valence-corrected chi connectivity index (χ1v) is 11.6. The van der Waals surface area contributed by atoms with Gasteiger partial charge in [0.1, 0.15) is 18.7 Å². The van der Waals surface area contributed by atoms with Crippen molar-refractivity contribution in [3.05, 3.63) is 72.0 Å². The lowest BCUT2D eigenvalue weighted by Gasteiger charge is -2.51. The third-order valence-electron chi connectivity index (χ3n) is 7.56. The molecular formula is C26H26N3O4+. The van der Waals surface area contributed by atoms with E-state index in [4.69, 9.17) is 9.26 Å². The van der Waals surface area contributed by atoms with Crippen molar-refractivity contribution in [2.45, 2.75) is 24.9 Å². The number of benzene rings is 2. The van der Waals surface area contributed by atoms with Gasteiger partial charge in [0.05, 0.1) is 13.1 Å². The molecule has 168 valence electrons. The van der Waals surface area contributed by atoms with E-state index in [1.54, 1.807) is 6.07 Å². The number of nitrogens with zero attached hydrogens (tertiary/aromatic N) is 2. The van der Waals surface area contributed by atoms with Crippen LogP contribution in [0.25, 0.3) is 11.1 Å². The number of hydrogen-bond donors (Lipinski definition) is 1. The van der Waals surface area contributed by atoms with E-state index in [-0.39, 0.29) is 18.0 Å². The number of ether oxygens (including phenoxy) is 1. The van der Waals surface area contributed by atoms with Crippen LogP contribution in [-0.4, -0.2) is 53.8 Å². The number of amides is 1. The second-order valence-corrected chi connectivity index (χ2v) is 9.48. The van der Waals surface area contributed by atoms with Crippen molar-refractivity contribution >= 4 is 17.7 Å². The minimum Gasteiger partial charge on any atom is -0.455 e. The number of hydrogen-bond acceptors (Lipinski definition) is 5. The molecule has 2 bridgehead atoms. The van der Waals surface area contributed by atoms with Gasteiger partial charge in [0.15, 0.2) is 18.5 Å². The average molecular weight is 445 g/mol. The molecule has 1 amide bonds. The molecular weight excluding hydrogens is 418 g/mol. The van der Waals surface area contributed by atoms with E-state index in [1.807, 2.05) is 36.4 Å². The van der Waals surface area contributed by atoms with Gasteiger partial charge in [0, 0.05) is 24.8 Å². The van der Waals surface area contributed by atoms with Gasteiger partial charge in [-0.25, -0.2) is 0 Å². The predicted molar refractivity (Wildman–Crippen MR) is 121 cm³/mol. The molecule has 1 aromatic heterocycles. The van der Waals surface area contributed by atoms with Gasteiger partial charge in [-0.2, -0.15) is 0 Å². The van der Waals surface area contributed by atoms with Crippen LogP contribution < -0.4 is 5.32 Å². The topological polar surface area (TPSA) is 81.4 Å². The maximum Gasteiger partial charge on any atom is 0.318 e. The molecule has 7 nitrogen and oxygen atoms in total. The highest BCUT2D eigenvalue weighted by Gasteiger charge is 2.49. The molecule has 7 rings (SSSR count). The molecule has 2 aromatic carbocycles. The van der Waals surface area contributed by atoms with Crippen molar-refractivity contribution in [2.75, 3.05) is 31.5 Å². The summed E-state index contributed by atoms with van der Waals surface area (Å²) in [5.41, 5.74) is 4.25. The molecule has 3 aromatic rings. The lowest BCUT2D eigenvalue weighted by Crippen LogP contribution is -2.66. The highest BCUT2D eigenvalue weighted by Crippen LogP contribution is 2.46. The third kappa shape index (κ3) is 3.53. The Hall–Kier alpha value is -3.45. The summed E-state index contributed by atoms with van der Waals surface area (Å²) in [4.78, 5) is 26.2. The molecule has 4 heterocycles. The van der Waals surface area contributed by atoms with Crippen LogP contribution >= 0.6 is 0 Å². The van der Waals surface area contributed by atoms with E-state index in [2.05, 4.69) is 22.6 Å². The molecule has 3 aliphatic heterocycles. The normalized spacial score (nSPS) is 25.3. The van der Waals surface area contributed by atoms with E-state index >= 15 is 0 Å². The largest absolute Gasteiger partial charge is 0.455 e. The minimum atomic E-state index is -0.392. The number of esters is 1. The molecule has 1 unspecified atom stereocenters. The summed E-state index contributed by atoms with van der Waals surface area (Å²) in [5, 5.41) is 6.56. The Morgan fingerprint density at radius 3 is 2.30 bits per heavy atom. The molecule has 0 spiro atoms. The first-order chi connectivity index (χ1) is 16.1. The summed E-state index contributed by atoms with van der Waals surface area (Å²) in [5.74, 6) is 0.118. The number of nitrogens with one attached hydrogen (secondary N) is 1. The number of rotatable bonds is 5. The Morgan fingerprint density at radius 1 is 1.00 bits per heavy atom. The van der Waals surface area contributed by atoms with Crippen molar-refractivity contribution in [1.82, 2.24) is 5.16 Å². The highest BCUT2D eigenvalue weighted by molar-refractivity contribution is 5.93. The van der Waals surface area contributed by atoms with Gasteiger partial charge in [-0.05, 0) is 22.3 Å². The molecule has 0 saturated carbocycles. The van der Waals surface area contributed by atoms with Crippen molar-refractivity contribution in [3.8, 4) is 11.1 Å². The SMILES string of the molecule is O=C(C[N+]12CCC(CC1)C(OC(=O)C1c3ccccc3-c3ccccc31)C2)Nc1ccon1. The highest BCUT2D eigenvalue weighted by atomic mass is 16.5. The summed E-state index contributed by atoms with van der Waals surface area (Å²) in [6.45, 7) is 2.89. The zero-order valence-electron chi connectivity index (χ0n) is 18.3. The Balaban J connectivity index is 1.19. The third-order valence-corrected chi connectivity index (χ3v) is 7.56. The molecule has 3 fully saturated rings. The summed E-state index contributed by atoms with van der Waals surface area (Å²) in [6.07, 6.45) is 3.20. The Kier molecular flexibility index (Phi) is 4.80. The second kappa shape index (κ2) is 7.85. The van der Waals surface area contributed by atoms with E-state index in [0.717, 1.165) is 48.2 Å². The van der Waals surface area contributed by atoms with Gasteiger partial charge in [-0.15, -0.1) is 0 Å². The average Bonchev–Trinajstić information content (AvgIpc) is 3.45. The monoisotopic (exact) mass is 444 g/mol. The number of anilines is 1. The first kappa shape index (κ1) is 20.2. The maximum atomic E-state index is 13.5. The van der Waals surface area contributed by atoms with Crippen LogP contribution in [-0.2, 0) is 14.3 Å². The predicted octanol–water partition coefficient (Wildman–Crippen LogP) is 3.58. The standard InChI is InChI=1S/C26H25N3O4/c30-24(27-23-11-14-32-28-23)16-29-12-9-17(10-13-29)22(15-29)33-26(31)25-20-7-3-1-5-18(20)19-6-2-4-8-21(19)25/h1-8,11,14,17,22,25H,9-10,12-13,15-16H2/p+1. The molecule has 33 heavy (non-hydrogen) atoms. The van der Waals surface area contributed by atoms with E-state index in [1.165, 1.54) is 6.26 Å².